The molecule has 1 aromatic rings. The Labute approximate surface area is 88.7 Å². The molecule has 0 spiro atoms. The summed E-state index contributed by atoms with van der Waals surface area (Å²) in [7, 11) is 3.12. The van der Waals surface area contributed by atoms with Gasteiger partial charge in [0, 0.05) is 18.8 Å². The van der Waals surface area contributed by atoms with E-state index in [1.165, 1.54) is 7.11 Å². The van der Waals surface area contributed by atoms with Crippen LogP contribution in [-0.4, -0.2) is 28.0 Å². The van der Waals surface area contributed by atoms with Crippen LogP contribution in [0.2, 0.25) is 0 Å². The maximum absolute atomic E-state index is 11.0. The van der Waals surface area contributed by atoms with Gasteiger partial charge in [0.2, 0.25) is 0 Å². The van der Waals surface area contributed by atoms with Crippen LogP contribution >= 0.6 is 0 Å². The molecular formula is C10H16N2O3. The molecule has 15 heavy (non-hydrogen) atoms. The van der Waals surface area contributed by atoms with Crippen LogP contribution in [0.25, 0.3) is 0 Å². The van der Waals surface area contributed by atoms with E-state index in [1.54, 1.807) is 31.0 Å². The zero-order chi connectivity index (χ0) is 11.4. The van der Waals surface area contributed by atoms with Gasteiger partial charge in [0.15, 0.2) is 0 Å². The number of aromatic nitrogens is 2. The molecule has 5 nitrogen and oxygen atoms in total. The molecule has 0 aliphatic heterocycles. The van der Waals surface area contributed by atoms with E-state index < -0.39 is 6.10 Å². The van der Waals surface area contributed by atoms with Gasteiger partial charge in [-0.2, -0.15) is 5.10 Å². The number of methoxy groups -OCH3 is 1. The molecule has 0 saturated heterocycles. The Hall–Kier alpha value is -1.36. The summed E-state index contributed by atoms with van der Waals surface area (Å²) in [6.45, 7) is 1.80. The molecule has 0 aliphatic carbocycles. The van der Waals surface area contributed by atoms with Crippen LogP contribution < -0.4 is 0 Å². The third-order valence-electron chi connectivity index (χ3n) is 2.32. The van der Waals surface area contributed by atoms with Crippen molar-refractivity contribution in [1.82, 2.24) is 9.78 Å². The Kier molecular flexibility index (Phi) is 3.85. The predicted molar refractivity (Wildman–Crippen MR) is 54.0 cm³/mol. The van der Waals surface area contributed by atoms with Crippen molar-refractivity contribution in [3.05, 3.63) is 18.0 Å². The van der Waals surface area contributed by atoms with E-state index in [1.807, 2.05) is 0 Å². The zero-order valence-corrected chi connectivity index (χ0v) is 9.17. The van der Waals surface area contributed by atoms with Crippen molar-refractivity contribution in [3.63, 3.8) is 0 Å². The van der Waals surface area contributed by atoms with Gasteiger partial charge in [0.25, 0.3) is 0 Å². The highest BCUT2D eigenvalue weighted by Crippen LogP contribution is 2.23. The average Bonchev–Trinajstić information content (AvgIpc) is 2.63. The summed E-state index contributed by atoms with van der Waals surface area (Å²) in [5, 5.41) is 13.8. The van der Waals surface area contributed by atoms with Gasteiger partial charge in [-0.3, -0.25) is 9.48 Å². The first kappa shape index (κ1) is 11.7. The molecule has 0 aliphatic rings. The predicted octanol–water partition coefficient (Wildman–Crippen LogP) is 0.653. The lowest BCUT2D eigenvalue weighted by Crippen LogP contribution is -2.14. The standard InChI is InChI=1S/C10H16N2O3/c1-7(4-9(13)15-3)10(14)8-5-11-12(2)6-8/h5-7,10,14H,4H2,1-3H3. The number of hydrogen-bond donors (Lipinski definition) is 1. The number of ether oxygens (including phenoxy) is 1. The third kappa shape index (κ3) is 3.06. The van der Waals surface area contributed by atoms with Crippen LogP contribution in [0.15, 0.2) is 12.4 Å². The van der Waals surface area contributed by atoms with Gasteiger partial charge < -0.3 is 9.84 Å². The SMILES string of the molecule is COC(=O)CC(C)C(O)c1cnn(C)c1. The highest BCUT2D eigenvalue weighted by atomic mass is 16.5. The van der Waals surface area contributed by atoms with Crippen LogP contribution in [0, 0.1) is 5.92 Å². The molecule has 1 N–H and O–H groups in total. The van der Waals surface area contributed by atoms with Gasteiger partial charge in [-0.05, 0) is 5.92 Å². The number of carbonyl (C=O) groups excluding carboxylic acids is 1. The highest BCUT2D eigenvalue weighted by molar-refractivity contribution is 5.69. The number of aliphatic hydroxyl groups is 1. The third-order valence-corrected chi connectivity index (χ3v) is 2.32. The fraction of sp³-hybridized carbons (Fsp3) is 0.600. The fourth-order valence-corrected chi connectivity index (χ4v) is 1.38. The summed E-state index contributed by atoms with van der Waals surface area (Å²) in [5.41, 5.74) is 0.717. The van der Waals surface area contributed by atoms with Crippen LogP contribution in [-0.2, 0) is 16.6 Å². The van der Waals surface area contributed by atoms with Crippen molar-refractivity contribution in [2.45, 2.75) is 19.4 Å². The lowest BCUT2D eigenvalue weighted by atomic mass is 9.97. The van der Waals surface area contributed by atoms with E-state index in [2.05, 4.69) is 9.84 Å². The highest BCUT2D eigenvalue weighted by Gasteiger charge is 2.20. The minimum absolute atomic E-state index is 0.179. The fourth-order valence-electron chi connectivity index (χ4n) is 1.38. The molecular weight excluding hydrogens is 196 g/mol. The summed E-state index contributed by atoms with van der Waals surface area (Å²) < 4.78 is 6.16. The Balaban J connectivity index is 2.60. The second kappa shape index (κ2) is 4.93. The Morgan fingerprint density at radius 1 is 1.73 bits per heavy atom. The maximum atomic E-state index is 11.0. The van der Waals surface area contributed by atoms with Gasteiger partial charge in [-0.1, -0.05) is 6.92 Å². The lowest BCUT2D eigenvalue weighted by Gasteiger charge is -2.15. The van der Waals surface area contributed by atoms with Crippen molar-refractivity contribution in [3.8, 4) is 0 Å². The van der Waals surface area contributed by atoms with Crippen LogP contribution in [0.5, 0.6) is 0 Å². The summed E-state index contributed by atoms with van der Waals surface area (Å²) >= 11 is 0. The van der Waals surface area contributed by atoms with E-state index in [9.17, 15) is 9.90 Å². The van der Waals surface area contributed by atoms with Crippen LogP contribution in [0.3, 0.4) is 0 Å². The number of esters is 1. The first-order valence-electron chi connectivity index (χ1n) is 4.78. The number of carbonyl (C=O) groups is 1. The van der Waals surface area contributed by atoms with Gasteiger partial charge in [-0.15, -0.1) is 0 Å². The first-order chi connectivity index (χ1) is 7.04. The van der Waals surface area contributed by atoms with Gasteiger partial charge in [0.05, 0.1) is 25.8 Å². The van der Waals surface area contributed by atoms with E-state index in [0.717, 1.165) is 0 Å². The topological polar surface area (TPSA) is 64.3 Å². The van der Waals surface area contributed by atoms with Crippen molar-refractivity contribution in [1.29, 1.82) is 0 Å². The second-order valence-corrected chi connectivity index (χ2v) is 3.65. The molecule has 5 heteroatoms. The summed E-state index contributed by atoms with van der Waals surface area (Å²) in [4.78, 5) is 11.0. The molecule has 1 aromatic heterocycles. The monoisotopic (exact) mass is 212 g/mol. The molecule has 0 radical (unpaired) electrons. The average molecular weight is 212 g/mol. The normalized spacial score (nSPS) is 14.7. The number of aliphatic hydroxyl groups excluding tert-OH is 1. The largest absolute Gasteiger partial charge is 0.469 e. The molecule has 1 rings (SSSR count). The number of rotatable bonds is 4. The molecule has 84 valence electrons. The van der Waals surface area contributed by atoms with Crippen LogP contribution in [0.4, 0.5) is 0 Å². The lowest BCUT2D eigenvalue weighted by molar-refractivity contribution is -0.142. The molecule has 1 heterocycles. The van der Waals surface area contributed by atoms with Gasteiger partial charge in [-0.25, -0.2) is 0 Å². The van der Waals surface area contributed by atoms with Crippen molar-refractivity contribution in [2.75, 3.05) is 7.11 Å². The van der Waals surface area contributed by atoms with Crippen LogP contribution in [0.1, 0.15) is 25.0 Å². The quantitative estimate of drug-likeness (QED) is 0.744. The van der Waals surface area contributed by atoms with Crippen molar-refractivity contribution >= 4 is 5.97 Å². The molecule has 0 fully saturated rings. The summed E-state index contributed by atoms with van der Waals surface area (Å²) in [5.74, 6) is -0.493. The van der Waals surface area contributed by atoms with Gasteiger partial charge in [0.1, 0.15) is 0 Å². The van der Waals surface area contributed by atoms with E-state index >= 15 is 0 Å². The Morgan fingerprint density at radius 3 is 2.87 bits per heavy atom. The smallest absolute Gasteiger partial charge is 0.305 e. The number of aryl methyl sites for hydroxylation is 1. The van der Waals surface area contributed by atoms with E-state index in [-0.39, 0.29) is 18.3 Å². The Morgan fingerprint density at radius 2 is 2.40 bits per heavy atom. The molecule has 0 bridgehead atoms. The molecule has 0 saturated carbocycles. The minimum Gasteiger partial charge on any atom is -0.469 e. The summed E-state index contributed by atoms with van der Waals surface area (Å²) in [6.07, 6.45) is 2.85. The number of hydrogen-bond acceptors (Lipinski definition) is 4. The van der Waals surface area contributed by atoms with E-state index in [0.29, 0.717) is 5.56 Å². The van der Waals surface area contributed by atoms with E-state index in [4.69, 9.17) is 0 Å². The number of nitrogens with zero attached hydrogens (tertiary/aromatic N) is 2. The molecule has 2 atom stereocenters. The molecule has 2 unspecified atom stereocenters. The molecule has 0 amide bonds. The van der Waals surface area contributed by atoms with Crippen molar-refractivity contribution < 1.29 is 14.6 Å². The maximum Gasteiger partial charge on any atom is 0.305 e. The molecule has 0 aromatic carbocycles. The summed E-state index contributed by atoms with van der Waals surface area (Å²) in [6, 6.07) is 0. The minimum atomic E-state index is -0.683. The van der Waals surface area contributed by atoms with Gasteiger partial charge >= 0.3 is 5.97 Å². The Bertz CT molecular complexity index is 335. The second-order valence-electron chi connectivity index (χ2n) is 3.65. The van der Waals surface area contributed by atoms with Crippen molar-refractivity contribution in [2.24, 2.45) is 13.0 Å². The first-order valence-corrected chi connectivity index (χ1v) is 4.78. The zero-order valence-electron chi connectivity index (χ0n) is 9.17.